The van der Waals surface area contributed by atoms with Crippen LogP contribution in [-0.2, 0) is 4.74 Å². The van der Waals surface area contributed by atoms with Gasteiger partial charge in [0.1, 0.15) is 5.60 Å². The first-order valence-corrected chi connectivity index (χ1v) is 9.10. The number of nitrogens with two attached hydrogens (primary N) is 1. The SMILES string of the molecule is CC(C)(C)OC(=O)N1CCC(CN)(CC2CCCC(F)(F)C2)CC1. The van der Waals surface area contributed by atoms with Gasteiger partial charge in [0.05, 0.1) is 0 Å². The van der Waals surface area contributed by atoms with Gasteiger partial charge >= 0.3 is 6.09 Å². The number of halogens is 2. The molecule has 0 bridgehead atoms. The molecule has 1 saturated carbocycles. The number of piperidine rings is 1. The lowest BCUT2D eigenvalue weighted by molar-refractivity contribution is -0.0624. The molecule has 2 aliphatic rings. The highest BCUT2D eigenvalue weighted by Gasteiger charge is 2.42. The predicted octanol–water partition coefficient (Wildman–Crippen LogP) is 4.18. The van der Waals surface area contributed by atoms with E-state index in [9.17, 15) is 13.6 Å². The van der Waals surface area contributed by atoms with Crippen LogP contribution in [0.4, 0.5) is 13.6 Å². The highest BCUT2D eigenvalue weighted by molar-refractivity contribution is 5.68. The lowest BCUT2D eigenvalue weighted by Gasteiger charge is -2.44. The summed E-state index contributed by atoms with van der Waals surface area (Å²) in [7, 11) is 0. The molecule has 1 unspecified atom stereocenters. The van der Waals surface area contributed by atoms with E-state index in [0.717, 1.165) is 25.7 Å². The molecule has 0 aromatic heterocycles. The molecule has 1 saturated heterocycles. The number of likely N-dealkylation sites (tertiary alicyclic amines) is 1. The molecule has 4 nitrogen and oxygen atoms in total. The molecule has 2 fully saturated rings. The second-order valence-electron chi connectivity index (χ2n) is 8.69. The Morgan fingerprint density at radius 2 is 1.88 bits per heavy atom. The Bertz CT molecular complexity index is 441. The van der Waals surface area contributed by atoms with Crippen LogP contribution in [0.25, 0.3) is 0 Å². The smallest absolute Gasteiger partial charge is 0.410 e. The van der Waals surface area contributed by atoms with Gasteiger partial charge in [-0.2, -0.15) is 0 Å². The Labute approximate surface area is 144 Å². The van der Waals surface area contributed by atoms with Gasteiger partial charge in [-0.1, -0.05) is 0 Å². The third-order valence-electron chi connectivity index (χ3n) is 5.37. The normalized spacial score (nSPS) is 26.9. The number of nitrogens with zero attached hydrogens (tertiary/aromatic N) is 1. The fraction of sp³-hybridized carbons (Fsp3) is 0.944. The minimum Gasteiger partial charge on any atom is -0.444 e. The van der Waals surface area contributed by atoms with Crippen LogP contribution < -0.4 is 5.73 Å². The zero-order valence-corrected chi connectivity index (χ0v) is 15.2. The van der Waals surface area contributed by atoms with Crippen LogP contribution >= 0.6 is 0 Å². The van der Waals surface area contributed by atoms with Crippen LogP contribution in [0.1, 0.15) is 65.7 Å². The Balaban J connectivity index is 1.90. The number of rotatable bonds is 3. The van der Waals surface area contributed by atoms with E-state index in [1.54, 1.807) is 4.90 Å². The number of alkyl halides is 2. The monoisotopic (exact) mass is 346 g/mol. The second-order valence-corrected chi connectivity index (χ2v) is 8.69. The van der Waals surface area contributed by atoms with Crippen LogP contribution in [0.2, 0.25) is 0 Å². The average Bonchev–Trinajstić information content (AvgIpc) is 2.45. The number of carbonyl (C=O) groups excluding carboxylic acids is 1. The lowest BCUT2D eigenvalue weighted by Crippen LogP contribution is -2.48. The summed E-state index contributed by atoms with van der Waals surface area (Å²) < 4.78 is 32.7. The zero-order valence-electron chi connectivity index (χ0n) is 15.2. The maximum absolute atomic E-state index is 13.7. The third kappa shape index (κ3) is 5.30. The number of amides is 1. The second kappa shape index (κ2) is 7.14. The fourth-order valence-electron chi connectivity index (χ4n) is 4.04. The highest BCUT2D eigenvalue weighted by atomic mass is 19.3. The number of carbonyl (C=O) groups is 1. The van der Waals surface area contributed by atoms with Crippen LogP contribution in [-0.4, -0.2) is 42.2 Å². The summed E-state index contributed by atoms with van der Waals surface area (Å²) >= 11 is 0. The lowest BCUT2D eigenvalue weighted by atomic mass is 9.69. The molecule has 1 heterocycles. The van der Waals surface area contributed by atoms with Crippen molar-refractivity contribution in [2.24, 2.45) is 17.1 Å². The Kier molecular flexibility index (Phi) is 5.78. The minimum absolute atomic E-state index is 0.00939. The molecule has 2 rings (SSSR count). The molecule has 0 aromatic carbocycles. The number of hydrogen-bond donors (Lipinski definition) is 1. The molecule has 1 aliphatic carbocycles. The van der Waals surface area contributed by atoms with Gasteiger partial charge in [-0.05, 0) is 70.8 Å². The minimum atomic E-state index is -2.52. The van der Waals surface area contributed by atoms with E-state index in [2.05, 4.69) is 0 Å². The van der Waals surface area contributed by atoms with Gasteiger partial charge in [-0.3, -0.25) is 0 Å². The molecule has 24 heavy (non-hydrogen) atoms. The van der Waals surface area contributed by atoms with Crippen molar-refractivity contribution in [3.63, 3.8) is 0 Å². The van der Waals surface area contributed by atoms with Crippen molar-refractivity contribution in [3.05, 3.63) is 0 Å². The van der Waals surface area contributed by atoms with Crippen LogP contribution in [0.15, 0.2) is 0 Å². The number of hydrogen-bond acceptors (Lipinski definition) is 3. The third-order valence-corrected chi connectivity index (χ3v) is 5.37. The van der Waals surface area contributed by atoms with Gasteiger partial charge in [0, 0.05) is 25.9 Å². The summed E-state index contributed by atoms with van der Waals surface area (Å²) in [5.41, 5.74) is 5.40. The first-order valence-electron chi connectivity index (χ1n) is 9.10. The summed E-state index contributed by atoms with van der Waals surface area (Å²) in [5.74, 6) is -2.47. The van der Waals surface area contributed by atoms with E-state index >= 15 is 0 Å². The Morgan fingerprint density at radius 3 is 2.38 bits per heavy atom. The topological polar surface area (TPSA) is 55.6 Å². The van der Waals surface area contributed by atoms with Gasteiger partial charge in [0.25, 0.3) is 0 Å². The average molecular weight is 346 g/mol. The fourth-order valence-corrected chi connectivity index (χ4v) is 4.04. The van der Waals surface area contributed by atoms with Crippen molar-refractivity contribution in [1.82, 2.24) is 4.90 Å². The molecule has 1 atom stereocenters. The van der Waals surface area contributed by atoms with Crippen molar-refractivity contribution >= 4 is 6.09 Å². The molecular formula is C18H32F2N2O2. The van der Waals surface area contributed by atoms with Gasteiger partial charge in [-0.15, -0.1) is 0 Å². The Hall–Kier alpha value is -0.910. The molecule has 140 valence electrons. The maximum Gasteiger partial charge on any atom is 0.410 e. The summed E-state index contributed by atoms with van der Waals surface area (Å²) in [6.07, 6.45) is 3.47. The first kappa shape index (κ1) is 19.4. The quantitative estimate of drug-likeness (QED) is 0.834. The molecule has 1 amide bonds. The molecule has 0 radical (unpaired) electrons. The summed E-state index contributed by atoms with van der Waals surface area (Å²) in [5, 5.41) is 0. The summed E-state index contributed by atoms with van der Waals surface area (Å²) in [6.45, 7) is 7.23. The van der Waals surface area contributed by atoms with Crippen molar-refractivity contribution in [2.45, 2.75) is 77.2 Å². The van der Waals surface area contributed by atoms with Crippen LogP contribution in [0.3, 0.4) is 0 Å². The van der Waals surface area contributed by atoms with E-state index in [0.29, 0.717) is 26.1 Å². The van der Waals surface area contributed by atoms with Crippen molar-refractivity contribution in [1.29, 1.82) is 0 Å². The largest absolute Gasteiger partial charge is 0.444 e. The van der Waals surface area contributed by atoms with Crippen LogP contribution in [0, 0.1) is 11.3 Å². The van der Waals surface area contributed by atoms with Gasteiger partial charge in [0.2, 0.25) is 5.92 Å². The standard InChI is InChI=1S/C18H32F2N2O2/c1-16(2,3)24-15(23)22-9-7-17(13-21,8-10-22)11-14-5-4-6-18(19,20)12-14/h14H,4-13,21H2,1-3H3. The summed E-state index contributed by atoms with van der Waals surface area (Å²) in [4.78, 5) is 13.9. The number of ether oxygens (including phenoxy) is 1. The molecule has 1 aliphatic heterocycles. The molecular weight excluding hydrogens is 314 g/mol. The molecule has 0 spiro atoms. The highest BCUT2D eigenvalue weighted by Crippen LogP contribution is 2.45. The predicted molar refractivity (Wildman–Crippen MR) is 90.1 cm³/mol. The van der Waals surface area contributed by atoms with Crippen molar-refractivity contribution in [2.75, 3.05) is 19.6 Å². The van der Waals surface area contributed by atoms with E-state index in [1.807, 2.05) is 20.8 Å². The van der Waals surface area contributed by atoms with E-state index in [1.165, 1.54) is 0 Å². The molecule has 6 heteroatoms. The van der Waals surface area contributed by atoms with Crippen molar-refractivity contribution in [3.8, 4) is 0 Å². The summed E-state index contributed by atoms with van der Waals surface area (Å²) in [6, 6.07) is 0. The first-order chi connectivity index (χ1) is 11.0. The van der Waals surface area contributed by atoms with Crippen LogP contribution in [0.5, 0.6) is 0 Å². The van der Waals surface area contributed by atoms with E-state index in [-0.39, 0.29) is 30.3 Å². The molecule has 0 aromatic rings. The van der Waals surface area contributed by atoms with Gasteiger partial charge < -0.3 is 15.4 Å². The molecule has 2 N–H and O–H groups in total. The van der Waals surface area contributed by atoms with Gasteiger partial charge in [0.15, 0.2) is 0 Å². The van der Waals surface area contributed by atoms with E-state index < -0.39 is 11.5 Å². The zero-order chi connectivity index (χ0) is 18.0. The van der Waals surface area contributed by atoms with Gasteiger partial charge in [-0.25, -0.2) is 13.6 Å². The van der Waals surface area contributed by atoms with Crippen molar-refractivity contribution < 1.29 is 18.3 Å². The van der Waals surface area contributed by atoms with E-state index in [4.69, 9.17) is 10.5 Å². The Morgan fingerprint density at radius 1 is 1.25 bits per heavy atom. The maximum atomic E-state index is 13.7.